The average Bonchev–Trinajstić information content (AvgIpc) is 3.30. The first-order valence-electron chi connectivity index (χ1n) is 12.9. The maximum Gasteiger partial charge on any atom is 0.410 e. The molecular weight excluding hydrogens is 527 g/mol. The van der Waals surface area contributed by atoms with Crippen LogP contribution in [0.3, 0.4) is 0 Å². The number of aromatic nitrogens is 2. The highest BCUT2D eigenvalue weighted by molar-refractivity contribution is 5.84. The molecule has 2 saturated heterocycles. The number of rotatable bonds is 3. The lowest BCUT2D eigenvalue weighted by atomic mass is 9.87. The summed E-state index contributed by atoms with van der Waals surface area (Å²) in [6.07, 6.45) is 2.55. The topological polar surface area (TPSA) is 109 Å². The highest BCUT2D eigenvalue weighted by Crippen LogP contribution is 2.40. The lowest BCUT2D eigenvalue weighted by Gasteiger charge is -2.39. The molecule has 9 nitrogen and oxygen atoms in total. The summed E-state index contributed by atoms with van der Waals surface area (Å²) in [4.78, 5) is 31.8. The smallest absolute Gasteiger partial charge is 0.410 e. The van der Waals surface area contributed by atoms with Crippen molar-refractivity contribution in [3.63, 3.8) is 0 Å². The molecular formula is C28H28F3N5O4. The van der Waals surface area contributed by atoms with E-state index in [0.717, 1.165) is 12.1 Å². The Kier molecular flexibility index (Phi) is 6.95. The first kappa shape index (κ1) is 27.5. The first-order chi connectivity index (χ1) is 18.9. The van der Waals surface area contributed by atoms with E-state index in [1.807, 2.05) is 20.8 Å². The van der Waals surface area contributed by atoms with E-state index in [-0.39, 0.29) is 29.3 Å². The van der Waals surface area contributed by atoms with Gasteiger partial charge >= 0.3 is 6.09 Å². The summed E-state index contributed by atoms with van der Waals surface area (Å²) in [6, 6.07) is 5.40. The van der Waals surface area contributed by atoms with Crippen LogP contribution >= 0.6 is 0 Å². The molecule has 5 rings (SSSR count). The fourth-order valence-corrected chi connectivity index (χ4v) is 5.23. The molecule has 0 unspecified atom stereocenters. The zero-order valence-electron chi connectivity index (χ0n) is 22.3. The molecule has 12 heteroatoms. The SMILES string of the molecule is CC(C)(C)OC(=O)N1CCC2(CC1)C[C@H](n1cnc3ccc(Nc4c(F)ccc(F)c4C#N)c(F)c3c1=O)CO2. The van der Waals surface area contributed by atoms with E-state index >= 15 is 4.39 Å². The molecule has 1 amide bonds. The second kappa shape index (κ2) is 10.1. The Morgan fingerprint density at radius 2 is 1.88 bits per heavy atom. The molecule has 0 radical (unpaired) electrons. The van der Waals surface area contributed by atoms with Gasteiger partial charge in [-0.15, -0.1) is 0 Å². The average molecular weight is 556 g/mol. The van der Waals surface area contributed by atoms with Crippen LogP contribution in [0.2, 0.25) is 0 Å². The standard InChI is InChI=1S/C28H28F3N5O4/c1-27(2,3)40-26(38)35-10-8-28(9-11-35)12-16(14-39-28)36-15-33-20-6-7-21(23(31)22(20)25(36)37)34-24-17(13-32)18(29)4-5-19(24)30/h4-7,15-16,34H,8-12,14H2,1-3H3/t16-/m0/s1. The molecule has 2 aromatic carbocycles. The number of hydrogen-bond donors (Lipinski definition) is 1. The van der Waals surface area contributed by atoms with Crippen LogP contribution < -0.4 is 10.9 Å². The number of carbonyl (C=O) groups excluding carboxylic acids is 1. The Bertz CT molecular complexity index is 1590. The summed E-state index contributed by atoms with van der Waals surface area (Å²) in [5.41, 5.74) is -3.16. The van der Waals surface area contributed by atoms with E-state index in [4.69, 9.17) is 9.47 Å². The number of benzene rings is 2. The van der Waals surface area contributed by atoms with Crippen LogP contribution in [0.15, 0.2) is 35.4 Å². The van der Waals surface area contributed by atoms with Crippen LogP contribution in [0.1, 0.15) is 51.6 Å². The van der Waals surface area contributed by atoms with Crippen molar-refractivity contribution in [3.05, 3.63) is 64.0 Å². The van der Waals surface area contributed by atoms with Crippen molar-refractivity contribution in [2.45, 2.75) is 57.3 Å². The predicted molar refractivity (Wildman–Crippen MR) is 140 cm³/mol. The van der Waals surface area contributed by atoms with E-state index in [1.54, 1.807) is 11.0 Å². The number of amides is 1. The van der Waals surface area contributed by atoms with Crippen molar-refractivity contribution in [2.24, 2.45) is 0 Å². The Labute approximate surface area is 228 Å². The van der Waals surface area contributed by atoms with E-state index in [2.05, 4.69) is 10.3 Å². The van der Waals surface area contributed by atoms with Crippen LogP contribution in [-0.4, -0.2) is 51.4 Å². The molecule has 1 N–H and O–H groups in total. The Morgan fingerprint density at radius 1 is 1.18 bits per heavy atom. The molecule has 0 aliphatic carbocycles. The van der Waals surface area contributed by atoms with Gasteiger partial charge in [-0.25, -0.2) is 22.9 Å². The lowest BCUT2D eigenvalue weighted by Crippen LogP contribution is -2.48. The summed E-state index contributed by atoms with van der Waals surface area (Å²) < 4.78 is 57.0. The zero-order valence-corrected chi connectivity index (χ0v) is 22.3. The third kappa shape index (κ3) is 5.09. The number of anilines is 2. The molecule has 1 spiro atoms. The third-order valence-corrected chi connectivity index (χ3v) is 7.27. The van der Waals surface area contributed by atoms with Gasteiger partial charge in [0.05, 0.1) is 41.5 Å². The molecule has 2 aliphatic heterocycles. The summed E-state index contributed by atoms with van der Waals surface area (Å²) in [5, 5.41) is 11.3. The monoisotopic (exact) mass is 555 g/mol. The van der Waals surface area contributed by atoms with Gasteiger partial charge in [0.1, 0.15) is 34.3 Å². The molecule has 210 valence electrons. The molecule has 0 bridgehead atoms. The van der Waals surface area contributed by atoms with E-state index in [9.17, 15) is 23.6 Å². The Hall–Kier alpha value is -4.11. The van der Waals surface area contributed by atoms with Crippen LogP contribution in [0.25, 0.3) is 10.9 Å². The van der Waals surface area contributed by atoms with Gasteiger partial charge in [0.2, 0.25) is 0 Å². The van der Waals surface area contributed by atoms with Crippen molar-refractivity contribution in [3.8, 4) is 6.07 Å². The van der Waals surface area contributed by atoms with Gasteiger partial charge in [-0.05, 0) is 64.3 Å². The zero-order chi connectivity index (χ0) is 28.8. The van der Waals surface area contributed by atoms with E-state index in [1.165, 1.54) is 23.0 Å². The van der Waals surface area contributed by atoms with Gasteiger partial charge in [-0.3, -0.25) is 9.36 Å². The van der Waals surface area contributed by atoms with Gasteiger partial charge in [0.25, 0.3) is 5.56 Å². The number of likely N-dealkylation sites (tertiary alicyclic amines) is 1. The minimum Gasteiger partial charge on any atom is -0.444 e. The third-order valence-electron chi connectivity index (χ3n) is 7.27. The Morgan fingerprint density at radius 3 is 2.55 bits per heavy atom. The van der Waals surface area contributed by atoms with E-state index < -0.39 is 51.5 Å². The van der Waals surface area contributed by atoms with E-state index in [0.29, 0.717) is 32.4 Å². The highest BCUT2D eigenvalue weighted by Gasteiger charge is 2.45. The number of ether oxygens (including phenoxy) is 2. The second-order valence-corrected chi connectivity index (χ2v) is 11.1. The quantitative estimate of drug-likeness (QED) is 0.476. The lowest BCUT2D eigenvalue weighted by molar-refractivity contribution is -0.0486. The van der Waals surface area contributed by atoms with Crippen LogP contribution in [0.4, 0.5) is 29.3 Å². The molecule has 1 aromatic heterocycles. The van der Waals surface area contributed by atoms with Crippen molar-refractivity contribution >= 4 is 28.4 Å². The second-order valence-electron chi connectivity index (χ2n) is 11.1. The first-order valence-corrected chi connectivity index (χ1v) is 12.9. The number of nitrogens with one attached hydrogen (secondary N) is 1. The number of carbonyl (C=O) groups is 1. The molecule has 0 saturated carbocycles. The van der Waals surface area contributed by atoms with Gasteiger partial charge < -0.3 is 19.7 Å². The van der Waals surface area contributed by atoms with Gasteiger partial charge in [0.15, 0.2) is 5.82 Å². The van der Waals surface area contributed by atoms with Crippen molar-refractivity contribution in [1.82, 2.24) is 14.5 Å². The Balaban J connectivity index is 1.38. The number of halogens is 3. The minimum atomic E-state index is -1.00. The summed E-state index contributed by atoms with van der Waals surface area (Å²) in [6.45, 7) is 6.51. The predicted octanol–water partition coefficient (Wildman–Crippen LogP) is 5.16. The normalized spacial score (nSPS) is 18.6. The van der Waals surface area contributed by atoms with Crippen molar-refractivity contribution in [2.75, 3.05) is 25.0 Å². The summed E-state index contributed by atoms with van der Waals surface area (Å²) in [7, 11) is 0. The van der Waals surface area contributed by atoms with Crippen LogP contribution in [-0.2, 0) is 9.47 Å². The largest absolute Gasteiger partial charge is 0.444 e. The molecule has 3 aromatic rings. The number of nitrogens with zero attached hydrogens (tertiary/aromatic N) is 4. The van der Waals surface area contributed by atoms with Crippen molar-refractivity contribution in [1.29, 1.82) is 5.26 Å². The fraction of sp³-hybridized carbons (Fsp3) is 0.429. The molecule has 2 aliphatic rings. The molecule has 40 heavy (non-hydrogen) atoms. The number of hydrogen-bond acceptors (Lipinski definition) is 7. The van der Waals surface area contributed by atoms with Gasteiger partial charge in [0, 0.05) is 13.1 Å². The minimum absolute atomic E-state index is 0.0869. The van der Waals surface area contributed by atoms with Crippen LogP contribution in [0.5, 0.6) is 0 Å². The number of piperidine rings is 1. The number of nitriles is 1. The maximum atomic E-state index is 15.6. The maximum absolute atomic E-state index is 15.6. The molecule has 1 atom stereocenters. The molecule has 2 fully saturated rings. The summed E-state index contributed by atoms with van der Waals surface area (Å²) >= 11 is 0. The van der Waals surface area contributed by atoms with Crippen LogP contribution in [0, 0.1) is 28.8 Å². The fourth-order valence-electron chi connectivity index (χ4n) is 5.23. The van der Waals surface area contributed by atoms with Gasteiger partial charge in [-0.1, -0.05) is 0 Å². The molecule has 3 heterocycles. The van der Waals surface area contributed by atoms with Crippen molar-refractivity contribution < 1.29 is 27.4 Å². The van der Waals surface area contributed by atoms with Gasteiger partial charge in [-0.2, -0.15) is 5.26 Å². The number of fused-ring (bicyclic) bond motifs is 1. The summed E-state index contributed by atoms with van der Waals surface area (Å²) in [5.74, 6) is -2.92. The highest BCUT2D eigenvalue weighted by atomic mass is 19.1.